The van der Waals surface area contributed by atoms with Gasteiger partial charge in [-0.2, -0.15) is 0 Å². The van der Waals surface area contributed by atoms with Gasteiger partial charge in [0.1, 0.15) is 12.3 Å². The molecule has 0 saturated carbocycles. The van der Waals surface area contributed by atoms with E-state index in [0.29, 0.717) is 30.9 Å². The molecule has 0 unspecified atom stereocenters. The minimum atomic E-state index is -0.627. The van der Waals surface area contributed by atoms with Gasteiger partial charge in [-0.3, -0.25) is 19.3 Å². The van der Waals surface area contributed by atoms with Crippen LogP contribution < -0.4 is 9.64 Å². The van der Waals surface area contributed by atoms with Crippen LogP contribution in [0.4, 0.5) is 5.69 Å². The van der Waals surface area contributed by atoms with Crippen molar-refractivity contribution >= 4 is 23.5 Å². The molecule has 2 amide bonds. The maximum Gasteiger partial charge on any atom is 0.314 e. The third kappa shape index (κ3) is 3.07. The van der Waals surface area contributed by atoms with Gasteiger partial charge in [0.05, 0.1) is 17.7 Å². The van der Waals surface area contributed by atoms with Crippen molar-refractivity contribution in [3.8, 4) is 5.75 Å². The van der Waals surface area contributed by atoms with Crippen molar-refractivity contribution in [1.82, 2.24) is 4.90 Å². The summed E-state index contributed by atoms with van der Waals surface area (Å²) in [6, 6.07) is 5.50. The molecule has 7 heteroatoms. The average molecular weight is 400 g/mol. The van der Waals surface area contributed by atoms with E-state index >= 15 is 0 Å². The molecule has 3 aliphatic heterocycles. The highest BCUT2D eigenvalue weighted by Crippen LogP contribution is 2.52. The van der Waals surface area contributed by atoms with Crippen LogP contribution in [0.25, 0.3) is 0 Å². The van der Waals surface area contributed by atoms with E-state index in [-0.39, 0.29) is 43.0 Å². The van der Waals surface area contributed by atoms with Gasteiger partial charge in [0.15, 0.2) is 6.61 Å². The summed E-state index contributed by atoms with van der Waals surface area (Å²) in [6.07, 6.45) is 2.99. The van der Waals surface area contributed by atoms with Crippen LogP contribution in [0, 0.1) is 12.3 Å². The van der Waals surface area contributed by atoms with Crippen molar-refractivity contribution in [2.45, 2.75) is 58.5 Å². The zero-order valence-corrected chi connectivity index (χ0v) is 17.3. The number of aryl methyl sites for hydroxylation is 1. The van der Waals surface area contributed by atoms with Crippen LogP contribution in [0.15, 0.2) is 18.2 Å². The summed E-state index contributed by atoms with van der Waals surface area (Å²) in [5.74, 6) is 0.0766. The summed E-state index contributed by atoms with van der Waals surface area (Å²) in [5, 5.41) is 0. The number of esters is 1. The first-order chi connectivity index (χ1) is 13.9. The lowest BCUT2D eigenvalue weighted by atomic mass is 9.72. The molecule has 0 spiro atoms. The summed E-state index contributed by atoms with van der Waals surface area (Å²) in [5.41, 5.74) is 0.999. The van der Waals surface area contributed by atoms with Gasteiger partial charge < -0.3 is 14.4 Å². The van der Waals surface area contributed by atoms with Crippen LogP contribution >= 0.6 is 0 Å². The Morgan fingerprint density at radius 3 is 2.79 bits per heavy atom. The molecule has 29 heavy (non-hydrogen) atoms. The van der Waals surface area contributed by atoms with Gasteiger partial charge in [-0.1, -0.05) is 13.0 Å². The maximum atomic E-state index is 13.3. The number of hydrogen-bond donors (Lipinski definition) is 0. The van der Waals surface area contributed by atoms with Gasteiger partial charge in [0.2, 0.25) is 5.91 Å². The van der Waals surface area contributed by atoms with Crippen LogP contribution in [0.2, 0.25) is 0 Å². The van der Waals surface area contributed by atoms with E-state index in [1.807, 2.05) is 36.9 Å². The third-order valence-electron chi connectivity index (χ3n) is 6.69. The molecule has 3 atom stereocenters. The molecule has 156 valence electrons. The quantitative estimate of drug-likeness (QED) is 0.710. The second-order valence-electron chi connectivity index (χ2n) is 8.22. The summed E-state index contributed by atoms with van der Waals surface area (Å²) < 4.78 is 10.9. The van der Waals surface area contributed by atoms with Crippen molar-refractivity contribution in [3.63, 3.8) is 0 Å². The molecule has 0 aliphatic carbocycles. The molecule has 0 N–H and O–H groups in total. The van der Waals surface area contributed by atoms with Gasteiger partial charge in [0.25, 0.3) is 5.91 Å². The smallest absolute Gasteiger partial charge is 0.314 e. The number of anilines is 1. The topological polar surface area (TPSA) is 76.2 Å². The predicted molar refractivity (Wildman–Crippen MR) is 107 cm³/mol. The zero-order chi connectivity index (χ0) is 20.8. The Hall–Kier alpha value is -2.57. The molecule has 7 nitrogen and oxygen atoms in total. The van der Waals surface area contributed by atoms with E-state index in [4.69, 9.17) is 9.47 Å². The second kappa shape index (κ2) is 7.35. The Labute approximate surface area is 170 Å². The molecule has 1 aromatic rings. The fourth-order valence-corrected chi connectivity index (χ4v) is 5.28. The number of rotatable bonds is 5. The highest BCUT2D eigenvalue weighted by Gasteiger charge is 2.61. The predicted octanol–water partition coefficient (Wildman–Crippen LogP) is 2.44. The minimum Gasteiger partial charge on any atom is -0.482 e. The van der Waals surface area contributed by atoms with Gasteiger partial charge in [0, 0.05) is 12.1 Å². The molecule has 3 aliphatic rings. The number of benzene rings is 1. The Kier molecular flexibility index (Phi) is 5.00. The summed E-state index contributed by atoms with van der Waals surface area (Å²) in [6.45, 7) is 5.97. The van der Waals surface area contributed by atoms with Crippen LogP contribution in [-0.2, 0) is 19.1 Å². The average Bonchev–Trinajstić information content (AvgIpc) is 3.27. The number of fused-ring (bicyclic) bond motifs is 3. The van der Waals surface area contributed by atoms with Gasteiger partial charge >= 0.3 is 5.97 Å². The maximum absolute atomic E-state index is 13.3. The lowest BCUT2D eigenvalue weighted by molar-refractivity contribution is -0.158. The van der Waals surface area contributed by atoms with Crippen molar-refractivity contribution < 1.29 is 23.9 Å². The fourth-order valence-electron chi connectivity index (χ4n) is 5.28. The zero-order valence-electron chi connectivity index (χ0n) is 17.3. The summed E-state index contributed by atoms with van der Waals surface area (Å²) in [7, 11) is 0. The van der Waals surface area contributed by atoms with Crippen LogP contribution in [0.5, 0.6) is 5.75 Å². The number of carbonyl (C=O) groups excluding carboxylic acids is 3. The largest absolute Gasteiger partial charge is 0.482 e. The number of ether oxygens (including phenoxy) is 2. The van der Waals surface area contributed by atoms with Crippen molar-refractivity contribution in [2.24, 2.45) is 5.41 Å². The van der Waals surface area contributed by atoms with Crippen LogP contribution in [0.3, 0.4) is 0 Å². The standard InChI is InChI=1S/C22H28N2O5/c1-4-22(21(27)28-5-2)11-15-7-9-18(22)24(15)19(25)12-23-16-10-14(3)6-8-17(16)29-13-20(23)26/h6,8,10,15,18H,4-5,7,9,11-13H2,1-3H3/t15-,18+,22+/m1/s1. The Balaban J connectivity index is 1.58. The molecule has 2 saturated heterocycles. The van der Waals surface area contributed by atoms with E-state index in [0.717, 1.165) is 18.4 Å². The SMILES string of the molecule is CCOC(=O)[C@@]1(CC)C[C@H]2CC[C@@H]1N2C(=O)CN1C(=O)COc2ccc(C)cc21. The van der Waals surface area contributed by atoms with E-state index in [1.54, 1.807) is 6.92 Å². The molecular formula is C22H28N2O5. The van der Waals surface area contributed by atoms with E-state index < -0.39 is 5.41 Å². The number of amides is 2. The Morgan fingerprint density at radius 2 is 2.07 bits per heavy atom. The lowest BCUT2D eigenvalue weighted by Crippen LogP contribution is -2.50. The number of carbonyl (C=O) groups is 3. The van der Waals surface area contributed by atoms with Gasteiger partial charge in [-0.05, 0) is 57.2 Å². The fraction of sp³-hybridized carbons (Fsp3) is 0.591. The second-order valence-corrected chi connectivity index (χ2v) is 8.22. The summed E-state index contributed by atoms with van der Waals surface area (Å²) >= 11 is 0. The van der Waals surface area contributed by atoms with Crippen molar-refractivity contribution in [1.29, 1.82) is 0 Å². The molecule has 2 fully saturated rings. The monoisotopic (exact) mass is 400 g/mol. The highest BCUT2D eigenvalue weighted by molar-refractivity contribution is 6.02. The molecule has 3 heterocycles. The number of hydrogen-bond acceptors (Lipinski definition) is 5. The first-order valence-corrected chi connectivity index (χ1v) is 10.4. The van der Waals surface area contributed by atoms with Crippen molar-refractivity contribution in [3.05, 3.63) is 23.8 Å². The molecule has 0 radical (unpaired) electrons. The first-order valence-electron chi connectivity index (χ1n) is 10.4. The lowest BCUT2D eigenvalue weighted by Gasteiger charge is -2.35. The van der Waals surface area contributed by atoms with E-state index in [1.165, 1.54) is 4.90 Å². The van der Waals surface area contributed by atoms with Crippen molar-refractivity contribution in [2.75, 3.05) is 24.7 Å². The molecule has 1 aromatic carbocycles. The molecule has 0 aromatic heterocycles. The number of nitrogens with zero attached hydrogens (tertiary/aromatic N) is 2. The molecule has 2 bridgehead atoms. The Bertz CT molecular complexity index is 854. The first kappa shape index (κ1) is 19.7. The highest BCUT2D eigenvalue weighted by atomic mass is 16.5. The normalized spacial score (nSPS) is 27.6. The van der Waals surface area contributed by atoms with E-state index in [2.05, 4.69) is 0 Å². The van der Waals surface area contributed by atoms with Gasteiger partial charge in [-0.15, -0.1) is 0 Å². The van der Waals surface area contributed by atoms with Gasteiger partial charge in [-0.25, -0.2) is 0 Å². The summed E-state index contributed by atoms with van der Waals surface area (Å²) in [4.78, 5) is 42.0. The van der Waals surface area contributed by atoms with Crippen LogP contribution in [0.1, 0.15) is 45.1 Å². The third-order valence-corrected chi connectivity index (χ3v) is 6.69. The molecular weight excluding hydrogens is 372 g/mol. The molecule has 4 rings (SSSR count). The van der Waals surface area contributed by atoms with E-state index in [9.17, 15) is 14.4 Å². The van der Waals surface area contributed by atoms with Crippen LogP contribution in [-0.4, -0.2) is 54.5 Å². The Morgan fingerprint density at radius 1 is 1.28 bits per heavy atom. The minimum absolute atomic E-state index is 0.0324.